The first-order chi connectivity index (χ1) is 6.19. The molecular formula is C11H16FN. The first-order valence-electron chi connectivity index (χ1n) is 4.61. The van der Waals surface area contributed by atoms with E-state index in [1.54, 1.807) is 6.07 Å². The summed E-state index contributed by atoms with van der Waals surface area (Å²) in [7, 11) is 1.90. The molecule has 0 amide bonds. The highest BCUT2D eigenvalue weighted by atomic mass is 19.1. The molecule has 0 saturated heterocycles. The quantitative estimate of drug-likeness (QED) is 0.755. The number of nitrogens with one attached hydrogen (secondary N) is 1. The van der Waals surface area contributed by atoms with Crippen LogP contribution in [0.2, 0.25) is 0 Å². The maximum atomic E-state index is 13.3. The van der Waals surface area contributed by atoms with Crippen molar-refractivity contribution in [2.45, 2.75) is 26.8 Å². The number of hydrogen-bond donors (Lipinski definition) is 1. The lowest BCUT2D eigenvalue weighted by molar-refractivity contribution is 0.609. The van der Waals surface area contributed by atoms with Crippen molar-refractivity contribution < 1.29 is 4.39 Å². The molecule has 1 N–H and O–H groups in total. The molecule has 0 aliphatic carbocycles. The van der Waals surface area contributed by atoms with Crippen LogP contribution >= 0.6 is 0 Å². The van der Waals surface area contributed by atoms with Gasteiger partial charge >= 0.3 is 0 Å². The van der Waals surface area contributed by atoms with Crippen molar-refractivity contribution in [3.63, 3.8) is 0 Å². The van der Waals surface area contributed by atoms with Gasteiger partial charge in [-0.2, -0.15) is 0 Å². The molecule has 2 heteroatoms. The average molecular weight is 181 g/mol. The van der Waals surface area contributed by atoms with E-state index in [0.717, 1.165) is 24.1 Å². The molecule has 0 radical (unpaired) electrons. The van der Waals surface area contributed by atoms with Gasteiger partial charge in [0.25, 0.3) is 0 Å². The smallest absolute Gasteiger partial charge is 0.126 e. The first-order valence-corrected chi connectivity index (χ1v) is 4.61. The fourth-order valence-electron chi connectivity index (χ4n) is 1.42. The van der Waals surface area contributed by atoms with E-state index < -0.39 is 0 Å². The average Bonchev–Trinajstić information content (AvgIpc) is 2.10. The van der Waals surface area contributed by atoms with Gasteiger partial charge in [-0.3, -0.25) is 0 Å². The number of aryl methyl sites for hydroxylation is 2. The fourth-order valence-corrected chi connectivity index (χ4v) is 1.42. The summed E-state index contributed by atoms with van der Waals surface area (Å²) in [6.07, 6.45) is 0.753. The Morgan fingerprint density at radius 2 is 2.00 bits per heavy atom. The molecule has 0 aromatic heterocycles. The van der Waals surface area contributed by atoms with Crippen molar-refractivity contribution in [1.82, 2.24) is 5.32 Å². The van der Waals surface area contributed by atoms with E-state index >= 15 is 0 Å². The van der Waals surface area contributed by atoms with E-state index in [0.29, 0.717) is 0 Å². The van der Waals surface area contributed by atoms with Crippen molar-refractivity contribution in [1.29, 1.82) is 0 Å². The summed E-state index contributed by atoms with van der Waals surface area (Å²) >= 11 is 0. The lowest BCUT2D eigenvalue weighted by atomic mass is 10.0. The number of benzene rings is 1. The lowest BCUT2D eigenvalue weighted by Gasteiger charge is -2.08. The molecule has 0 atom stereocenters. The largest absolute Gasteiger partial charge is 0.316 e. The van der Waals surface area contributed by atoms with Crippen molar-refractivity contribution in [2.24, 2.45) is 0 Å². The molecule has 13 heavy (non-hydrogen) atoms. The molecule has 1 aromatic carbocycles. The predicted molar refractivity (Wildman–Crippen MR) is 53.3 cm³/mol. The van der Waals surface area contributed by atoms with Crippen LogP contribution in [-0.4, -0.2) is 7.05 Å². The highest BCUT2D eigenvalue weighted by molar-refractivity contribution is 5.32. The molecule has 0 unspecified atom stereocenters. The second-order valence-electron chi connectivity index (χ2n) is 3.25. The van der Waals surface area contributed by atoms with Crippen LogP contribution in [-0.2, 0) is 13.0 Å². The van der Waals surface area contributed by atoms with Gasteiger partial charge in [0.2, 0.25) is 0 Å². The van der Waals surface area contributed by atoms with Gasteiger partial charge in [-0.15, -0.1) is 0 Å². The zero-order valence-electron chi connectivity index (χ0n) is 8.45. The Labute approximate surface area is 79.0 Å². The molecule has 0 bridgehead atoms. The van der Waals surface area contributed by atoms with Crippen molar-refractivity contribution >= 4 is 0 Å². The Morgan fingerprint density at radius 3 is 2.54 bits per heavy atom. The van der Waals surface area contributed by atoms with E-state index in [1.807, 2.05) is 27.0 Å². The Morgan fingerprint density at radius 1 is 1.31 bits per heavy atom. The summed E-state index contributed by atoms with van der Waals surface area (Å²) in [6.45, 7) is 4.71. The summed E-state index contributed by atoms with van der Waals surface area (Å²) < 4.78 is 13.3. The summed E-state index contributed by atoms with van der Waals surface area (Å²) in [5.74, 6) is -0.0835. The third-order valence-corrected chi connectivity index (χ3v) is 2.25. The van der Waals surface area contributed by atoms with Crippen LogP contribution in [0.1, 0.15) is 23.6 Å². The predicted octanol–water partition coefficient (Wildman–Crippen LogP) is 2.42. The van der Waals surface area contributed by atoms with Crippen LogP contribution in [0, 0.1) is 12.7 Å². The second-order valence-corrected chi connectivity index (χ2v) is 3.25. The fraction of sp³-hybridized carbons (Fsp3) is 0.455. The maximum Gasteiger partial charge on any atom is 0.126 e. The Kier molecular flexibility index (Phi) is 3.43. The Hall–Kier alpha value is -0.890. The van der Waals surface area contributed by atoms with Gasteiger partial charge in [0.1, 0.15) is 5.82 Å². The first kappa shape index (κ1) is 10.2. The molecule has 1 aromatic rings. The third kappa shape index (κ3) is 2.28. The van der Waals surface area contributed by atoms with Crippen LogP contribution in [0.3, 0.4) is 0 Å². The van der Waals surface area contributed by atoms with Gasteiger partial charge in [-0.25, -0.2) is 4.39 Å². The number of hydrogen-bond acceptors (Lipinski definition) is 1. The normalized spacial score (nSPS) is 10.5. The van der Waals surface area contributed by atoms with Gasteiger partial charge in [0.05, 0.1) is 0 Å². The molecule has 0 heterocycles. The minimum Gasteiger partial charge on any atom is -0.316 e. The minimum atomic E-state index is -0.0835. The summed E-state index contributed by atoms with van der Waals surface area (Å²) in [5.41, 5.74) is 3.00. The van der Waals surface area contributed by atoms with Crippen molar-refractivity contribution in [3.05, 3.63) is 34.6 Å². The Bertz CT molecular complexity index is 294. The summed E-state index contributed by atoms with van der Waals surface area (Å²) in [4.78, 5) is 0. The van der Waals surface area contributed by atoms with Crippen LogP contribution in [0.25, 0.3) is 0 Å². The standard InChI is InChI=1S/C11H16FN/c1-4-9-6-10(7-13-3)8(2)5-11(9)12/h5-6,13H,4,7H2,1-3H3. The van der Waals surface area contributed by atoms with Crippen LogP contribution in [0.4, 0.5) is 4.39 Å². The number of halogens is 1. The van der Waals surface area contributed by atoms with Crippen LogP contribution < -0.4 is 5.32 Å². The zero-order valence-corrected chi connectivity index (χ0v) is 8.45. The van der Waals surface area contributed by atoms with E-state index in [2.05, 4.69) is 5.32 Å². The molecule has 72 valence electrons. The van der Waals surface area contributed by atoms with E-state index in [9.17, 15) is 4.39 Å². The summed E-state index contributed by atoms with van der Waals surface area (Å²) in [5, 5.41) is 3.07. The van der Waals surface area contributed by atoms with Crippen molar-refractivity contribution in [3.8, 4) is 0 Å². The van der Waals surface area contributed by atoms with Crippen molar-refractivity contribution in [2.75, 3.05) is 7.05 Å². The molecule has 0 aliphatic rings. The SMILES string of the molecule is CCc1cc(CNC)c(C)cc1F. The van der Waals surface area contributed by atoms with E-state index in [1.165, 1.54) is 5.56 Å². The molecule has 0 aliphatic heterocycles. The number of rotatable bonds is 3. The molecule has 0 saturated carbocycles. The van der Waals surface area contributed by atoms with Gasteiger partial charge in [-0.1, -0.05) is 13.0 Å². The minimum absolute atomic E-state index is 0.0835. The van der Waals surface area contributed by atoms with Gasteiger partial charge in [0.15, 0.2) is 0 Å². The van der Waals surface area contributed by atoms with Gasteiger partial charge in [-0.05, 0) is 43.1 Å². The van der Waals surface area contributed by atoms with Gasteiger partial charge in [0, 0.05) is 6.54 Å². The molecule has 0 spiro atoms. The summed E-state index contributed by atoms with van der Waals surface area (Å²) in [6, 6.07) is 3.56. The topological polar surface area (TPSA) is 12.0 Å². The second kappa shape index (κ2) is 4.38. The lowest BCUT2D eigenvalue weighted by Crippen LogP contribution is -2.07. The van der Waals surface area contributed by atoms with Crippen LogP contribution in [0.5, 0.6) is 0 Å². The highest BCUT2D eigenvalue weighted by Gasteiger charge is 2.04. The monoisotopic (exact) mass is 181 g/mol. The third-order valence-electron chi connectivity index (χ3n) is 2.25. The van der Waals surface area contributed by atoms with Crippen LogP contribution in [0.15, 0.2) is 12.1 Å². The Balaban J connectivity index is 3.06. The molecule has 1 nitrogen and oxygen atoms in total. The highest BCUT2D eigenvalue weighted by Crippen LogP contribution is 2.15. The maximum absolute atomic E-state index is 13.3. The molecule has 1 rings (SSSR count). The van der Waals surface area contributed by atoms with E-state index in [4.69, 9.17) is 0 Å². The van der Waals surface area contributed by atoms with E-state index in [-0.39, 0.29) is 5.82 Å². The van der Waals surface area contributed by atoms with Gasteiger partial charge < -0.3 is 5.32 Å². The molecular weight excluding hydrogens is 165 g/mol. The molecule has 0 fully saturated rings. The zero-order chi connectivity index (χ0) is 9.84.